The number of nitrogens with zero attached hydrogens (tertiary/aromatic N) is 1. The van der Waals surface area contributed by atoms with Gasteiger partial charge >= 0.3 is 0 Å². The summed E-state index contributed by atoms with van der Waals surface area (Å²) in [6.07, 6.45) is 1.80. The van der Waals surface area contributed by atoms with Crippen molar-refractivity contribution in [1.29, 1.82) is 0 Å². The Morgan fingerprint density at radius 2 is 2.29 bits per heavy atom. The largest absolute Gasteiger partial charge is 0.495 e. The van der Waals surface area contributed by atoms with Crippen LogP contribution in [0.15, 0.2) is 24.4 Å². The van der Waals surface area contributed by atoms with Crippen LogP contribution in [0.4, 0.5) is 0 Å². The Morgan fingerprint density at radius 3 is 2.94 bits per heavy atom. The van der Waals surface area contributed by atoms with Crippen LogP contribution in [0.25, 0.3) is 11.1 Å². The maximum atomic E-state index is 6.10. The van der Waals surface area contributed by atoms with E-state index < -0.39 is 0 Å². The molecule has 0 saturated heterocycles. The molecule has 0 bridgehead atoms. The van der Waals surface area contributed by atoms with Gasteiger partial charge in [0, 0.05) is 12.1 Å². The van der Waals surface area contributed by atoms with E-state index in [1.54, 1.807) is 13.3 Å². The van der Waals surface area contributed by atoms with Crippen LogP contribution in [0, 0.1) is 0 Å². The second kappa shape index (κ2) is 5.21. The number of ether oxygens (including phenoxy) is 1. The van der Waals surface area contributed by atoms with Gasteiger partial charge in [-0.3, -0.25) is 5.10 Å². The van der Waals surface area contributed by atoms with E-state index in [-0.39, 0.29) is 0 Å². The molecule has 0 aliphatic heterocycles. The molecule has 0 atom stereocenters. The Balaban J connectivity index is 2.39. The molecule has 0 fully saturated rings. The lowest BCUT2D eigenvalue weighted by Gasteiger charge is -2.06. The Morgan fingerprint density at radius 1 is 1.47 bits per heavy atom. The van der Waals surface area contributed by atoms with Crippen molar-refractivity contribution in [3.63, 3.8) is 0 Å². The van der Waals surface area contributed by atoms with Gasteiger partial charge in [0.15, 0.2) is 0 Å². The number of benzene rings is 1. The molecule has 0 radical (unpaired) electrons. The average molecular weight is 252 g/mol. The summed E-state index contributed by atoms with van der Waals surface area (Å²) in [6, 6.07) is 5.70. The summed E-state index contributed by atoms with van der Waals surface area (Å²) in [7, 11) is 3.50. The van der Waals surface area contributed by atoms with E-state index in [1.165, 1.54) is 0 Å². The van der Waals surface area contributed by atoms with Crippen molar-refractivity contribution in [2.75, 3.05) is 14.2 Å². The first-order chi connectivity index (χ1) is 8.26. The highest BCUT2D eigenvalue weighted by atomic mass is 35.5. The fourth-order valence-electron chi connectivity index (χ4n) is 1.71. The van der Waals surface area contributed by atoms with Crippen LogP contribution < -0.4 is 10.1 Å². The molecule has 2 aromatic rings. The molecule has 1 aromatic carbocycles. The van der Waals surface area contributed by atoms with Crippen LogP contribution in [0.1, 0.15) is 5.69 Å². The maximum Gasteiger partial charge on any atom is 0.137 e. The molecule has 17 heavy (non-hydrogen) atoms. The van der Waals surface area contributed by atoms with E-state index in [4.69, 9.17) is 16.3 Å². The minimum atomic E-state index is 0.599. The first-order valence-corrected chi connectivity index (χ1v) is 5.64. The zero-order valence-corrected chi connectivity index (χ0v) is 10.5. The van der Waals surface area contributed by atoms with E-state index in [0.29, 0.717) is 10.8 Å². The van der Waals surface area contributed by atoms with Crippen molar-refractivity contribution in [2.24, 2.45) is 0 Å². The number of H-pyrrole nitrogens is 1. The first kappa shape index (κ1) is 12.0. The number of methoxy groups -OCH3 is 1. The van der Waals surface area contributed by atoms with E-state index in [2.05, 4.69) is 15.5 Å². The van der Waals surface area contributed by atoms with Gasteiger partial charge in [-0.15, -0.1) is 0 Å². The smallest absolute Gasteiger partial charge is 0.137 e. The molecule has 90 valence electrons. The molecular formula is C12H14ClN3O. The fraction of sp³-hybridized carbons (Fsp3) is 0.250. The summed E-state index contributed by atoms with van der Waals surface area (Å²) >= 11 is 6.10. The van der Waals surface area contributed by atoms with Gasteiger partial charge in [0.2, 0.25) is 0 Å². The summed E-state index contributed by atoms with van der Waals surface area (Å²) in [4.78, 5) is 0. The SMILES string of the molecule is CNCc1[nH]ncc1-c1ccc(OC)c(Cl)c1. The molecule has 0 spiro atoms. The number of nitrogens with one attached hydrogen (secondary N) is 2. The number of aromatic nitrogens is 2. The standard InChI is InChI=1S/C12H14ClN3O/c1-14-7-11-9(6-15-16-11)8-3-4-12(17-2)10(13)5-8/h3-6,14H,7H2,1-2H3,(H,15,16). The minimum Gasteiger partial charge on any atom is -0.495 e. The highest BCUT2D eigenvalue weighted by Gasteiger charge is 2.09. The van der Waals surface area contributed by atoms with Gasteiger partial charge < -0.3 is 10.1 Å². The number of halogens is 1. The van der Waals surface area contributed by atoms with Crippen LogP contribution in [0.2, 0.25) is 5.02 Å². The fourth-order valence-corrected chi connectivity index (χ4v) is 1.96. The molecule has 4 nitrogen and oxygen atoms in total. The second-order valence-corrected chi connectivity index (χ2v) is 4.05. The number of aromatic amines is 1. The zero-order valence-electron chi connectivity index (χ0n) is 9.75. The molecule has 0 aliphatic carbocycles. The van der Waals surface area contributed by atoms with Crippen molar-refractivity contribution in [3.8, 4) is 16.9 Å². The molecule has 2 N–H and O–H groups in total. The Labute approximate surface area is 105 Å². The molecule has 5 heteroatoms. The van der Waals surface area contributed by atoms with Gasteiger partial charge in [-0.1, -0.05) is 17.7 Å². The Kier molecular flexibility index (Phi) is 3.66. The summed E-state index contributed by atoms with van der Waals surface area (Å²) in [5.41, 5.74) is 3.10. The molecule has 0 saturated carbocycles. The third-order valence-corrected chi connectivity index (χ3v) is 2.83. The molecular weight excluding hydrogens is 238 g/mol. The Bertz CT molecular complexity index is 510. The van der Waals surface area contributed by atoms with E-state index in [0.717, 1.165) is 23.4 Å². The maximum absolute atomic E-state index is 6.10. The lowest BCUT2D eigenvalue weighted by atomic mass is 10.1. The Hall–Kier alpha value is -1.52. The molecule has 0 aliphatic rings. The molecule has 1 heterocycles. The van der Waals surface area contributed by atoms with Gasteiger partial charge in [0.25, 0.3) is 0 Å². The zero-order chi connectivity index (χ0) is 12.3. The normalized spacial score (nSPS) is 10.5. The van der Waals surface area contributed by atoms with Crippen molar-refractivity contribution in [3.05, 3.63) is 35.1 Å². The van der Waals surface area contributed by atoms with Crippen LogP contribution in [0.3, 0.4) is 0 Å². The van der Waals surface area contributed by atoms with Crippen LogP contribution >= 0.6 is 11.6 Å². The van der Waals surface area contributed by atoms with Crippen LogP contribution in [0.5, 0.6) is 5.75 Å². The van der Waals surface area contributed by atoms with Crippen molar-refractivity contribution >= 4 is 11.6 Å². The summed E-state index contributed by atoms with van der Waals surface area (Å²) < 4.78 is 5.13. The summed E-state index contributed by atoms with van der Waals surface area (Å²) in [5.74, 6) is 0.675. The van der Waals surface area contributed by atoms with Gasteiger partial charge in [0.1, 0.15) is 5.75 Å². The lowest BCUT2D eigenvalue weighted by molar-refractivity contribution is 0.415. The van der Waals surface area contributed by atoms with E-state index in [1.807, 2.05) is 25.2 Å². The van der Waals surface area contributed by atoms with Gasteiger partial charge in [0.05, 0.1) is 24.0 Å². The highest BCUT2D eigenvalue weighted by molar-refractivity contribution is 6.32. The van der Waals surface area contributed by atoms with Gasteiger partial charge in [-0.25, -0.2) is 0 Å². The second-order valence-electron chi connectivity index (χ2n) is 3.64. The monoisotopic (exact) mass is 251 g/mol. The first-order valence-electron chi connectivity index (χ1n) is 5.27. The average Bonchev–Trinajstić information content (AvgIpc) is 2.78. The number of hydrogen-bond donors (Lipinski definition) is 2. The van der Waals surface area contributed by atoms with Gasteiger partial charge in [-0.05, 0) is 24.7 Å². The molecule has 0 amide bonds. The lowest BCUT2D eigenvalue weighted by Crippen LogP contribution is -2.06. The van der Waals surface area contributed by atoms with Crippen molar-refractivity contribution < 1.29 is 4.74 Å². The van der Waals surface area contributed by atoms with Crippen molar-refractivity contribution in [2.45, 2.75) is 6.54 Å². The van der Waals surface area contributed by atoms with E-state index in [9.17, 15) is 0 Å². The summed E-state index contributed by atoms with van der Waals surface area (Å²) in [6.45, 7) is 0.735. The summed E-state index contributed by atoms with van der Waals surface area (Å²) in [5, 5.41) is 10.7. The highest BCUT2D eigenvalue weighted by Crippen LogP contribution is 2.31. The number of hydrogen-bond acceptors (Lipinski definition) is 3. The van der Waals surface area contributed by atoms with E-state index >= 15 is 0 Å². The quantitative estimate of drug-likeness (QED) is 0.878. The third-order valence-electron chi connectivity index (χ3n) is 2.53. The molecule has 1 aromatic heterocycles. The number of rotatable bonds is 4. The third kappa shape index (κ3) is 2.43. The van der Waals surface area contributed by atoms with Gasteiger partial charge in [-0.2, -0.15) is 5.10 Å². The van der Waals surface area contributed by atoms with Crippen LogP contribution in [-0.4, -0.2) is 24.4 Å². The molecule has 2 rings (SSSR count). The minimum absolute atomic E-state index is 0.599. The topological polar surface area (TPSA) is 49.9 Å². The predicted octanol–water partition coefficient (Wildman–Crippen LogP) is 2.46. The predicted molar refractivity (Wildman–Crippen MR) is 68.3 cm³/mol. The van der Waals surface area contributed by atoms with Crippen LogP contribution in [-0.2, 0) is 6.54 Å². The van der Waals surface area contributed by atoms with Crippen molar-refractivity contribution in [1.82, 2.24) is 15.5 Å². The molecule has 0 unspecified atom stereocenters.